The van der Waals surface area contributed by atoms with E-state index in [1.165, 1.54) is 0 Å². The van der Waals surface area contributed by atoms with Gasteiger partial charge >= 0.3 is 0 Å². The minimum absolute atomic E-state index is 0.276. The van der Waals surface area contributed by atoms with E-state index in [1.807, 2.05) is 6.07 Å². The number of benzene rings is 1. The molecule has 0 atom stereocenters. The van der Waals surface area contributed by atoms with Crippen molar-refractivity contribution in [1.29, 1.82) is 0 Å². The average molecular weight is 219 g/mol. The Morgan fingerprint density at radius 1 is 1.40 bits per heavy atom. The third kappa shape index (κ3) is 1.92. The van der Waals surface area contributed by atoms with E-state index in [9.17, 15) is 0 Å². The molecule has 0 fully saturated rings. The number of thiol groups is 1. The summed E-state index contributed by atoms with van der Waals surface area (Å²) >= 11 is 7.33. The molecule has 3 heteroatoms. The molecular formula is C7H7BrOS. The molecule has 0 saturated carbocycles. The Labute approximate surface area is 73.6 Å². The Balaban J connectivity index is 3.06. The second kappa shape index (κ2) is 3.30. The van der Waals surface area contributed by atoms with E-state index >= 15 is 0 Å². The SMILES string of the molecule is Oc1cc(Br)cc(CS)c1. The highest BCUT2D eigenvalue weighted by Crippen LogP contribution is 2.20. The highest BCUT2D eigenvalue weighted by atomic mass is 79.9. The fourth-order valence-electron chi connectivity index (χ4n) is 0.725. The number of aromatic hydroxyl groups is 1. The monoisotopic (exact) mass is 218 g/mol. The van der Waals surface area contributed by atoms with Crippen molar-refractivity contribution in [2.45, 2.75) is 5.75 Å². The third-order valence-corrected chi connectivity index (χ3v) is 1.95. The van der Waals surface area contributed by atoms with Crippen molar-refractivity contribution >= 4 is 28.6 Å². The fraction of sp³-hybridized carbons (Fsp3) is 0.143. The molecule has 10 heavy (non-hydrogen) atoms. The molecule has 1 aromatic rings. The molecule has 0 aliphatic carbocycles. The van der Waals surface area contributed by atoms with Crippen LogP contribution in [-0.4, -0.2) is 5.11 Å². The van der Waals surface area contributed by atoms with Gasteiger partial charge < -0.3 is 5.11 Å². The lowest BCUT2D eigenvalue weighted by molar-refractivity contribution is 0.474. The molecular weight excluding hydrogens is 212 g/mol. The number of halogens is 1. The van der Waals surface area contributed by atoms with Gasteiger partial charge in [-0.3, -0.25) is 0 Å². The second-order valence-electron chi connectivity index (χ2n) is 1.98. The molecule has 0 amide bonds. The number of rotatable bonds is 1. The Morgan fingerprint density at radius 2 is 2.10 bits per heavy atom. The summed E-state index contributed by atoms with van der Waals surface area (Å²) < 4.78 is 0.886. The van der Waals surface area contributed by atoms with Crippen LogP contribution in [0.2, 0.25) is 0 Å². The van der Waals surface area contributed by atoms with E-state index in [0.717, 1.165) is 10.0 Å². The van der Waals surface area contributed by atoms with Crippen LogP contribution in [0.4, 0.5) is 0 Å². The van der Waals surface area contributed by atoms with Crippen molar-refractivity contribution in [2.75, 3.05) is 0 Å². The van der Waals surface area contributed by atoms with E-state index < -0.39 is 0 Å². The second-order valence-corrected chi connectivity index (χ2v) is 3.21. The molecule has 0 radical (unpaired) electrons. The molecule has 0 aliphatic rings. The van der Waals surface area contributed by atoms with Crippen LogP contribution in [0.1, 0.15) is 5.56 Å². The minimum atomic E-state index is 0.276. The molecule has 0 aliphatic heterocycles. The zero-order valence-corrected chi connectivity index (χ0v) is 7.69. The molecule has 0 bridgehead atoms. The molecule has 0 unspecified atom stereocenters. The lowest BCUT2D eigenvalue weighted by Crippen LogP contribution is -1.76. The molecule has 1 aromatic carbocycles. The standard InChI is InChI=1S/C7H7BrOS/c8-6-1-5(4-10)2-7(9)3-6/h1-3,9-10H,4H2. The Bertz CT molecular complexity index is 217. The summed E-state index contributed by atoms with van der Waals surface area (Å²) in [5.41, 5.74) is 1.01. The molecule has 0 saturated heterocycles. The molecule has 1 N–H and O–H groups in total. The predicted molar refractivity (Wildman–Crippen MR) is 48.5 cm³/mol. The third-order valence-electron chi connectivity index (χ3n) is 1.12. The summed E-state index contributed by atoms with van der Waals surface area (Å²) in [6.07, 6.45) is 0. The number of hydrogen-bond donors (Lipinski definition) is 2. The Morgan fingerprint density at radius 3 is 2.60 bits per heavy atom. The van der Waals surface area contributed by atoms with Gasteiger partial charge in [0.2, 0.25) is 0 Å². The van der Waals surface area contributed by atoms with E-state index in [1.54, 1.807) is 12.1 Å². The van der Waals surface area contributed by atoms with Gasteiger partial charge in [-0.25, -0.2) is 0 Å². The minimum Gasteiger partial charge on any atom is -0.508 e. The van der Waals surface area contributed by atoms with Crippen LogP contribution in [0.25, 0.3) is 0 Å². The first-order chi connectivity index (χ1) is 4.72. The Hall–Kier alpha value is -0.150. The van der Waals surface area contributed by atoms with Gasteiger partial charge in [-0.2, -0.15) is 12.6 Å². The van der Waals surface area contributed by atoms with Crippen LogP contribution in [0.3, 0.4) is 0 Å². The van der Waals surface area contributed by atoms with Crippen molar-refractivity contribution in [3.05, 3.63) is 28.2 Å². The highest BCUT2D eigenvalue weighted by molar-refractivity contribution is 9.10. The van der Waals surface area contributed by atoms with Crippen molar-refractivity contribution in [3.63, 3.8) is 0 Å². The van der Waals surface area contributed by atoms with Gasteiger partial charge in [-0.05, 0) is 23.8 Å². The van der Waals surface area contributed by atoms with E-state index in [2.05, 4.69) is 28.6 Å². The fourth-order valence-corrected chi connectivity index (χ4v) is 1.44. The lowest BCUT2D eigenvalue weighted by Gasteiger charge is -1.97. The largest absolute Gasteiger partial charge is 0.508 e. The van der Waals surface area contributed by atoms with Gasteiger partial charge in [-0.1, -0.05) is 15.9 Å². The summed E-state index contributed by atoms with van der Waals surface area (Å²) in [6, 6.07) is 5.26. The Kier molecular flexibility index (Phi) is 2.63. The van der Waals surface area contributed by atoms with Crippen molar-refractivity contribution < 1.29 is 5.11 Å². The average Bonchev–Trinajstić information content (AvgIpc) is 1.85. The first-order valence-electron chi connectivity index (χ1n) is 2.81. The first kappa shape index (κ1) is 7.95. The molecule has 0 heterocycles. The van der Waals surface area contributed by atoms with E-state index in [0.29, 0.717) is 5.75 Å². The van der Waals surface area contributed by atoms with Crippen LogP contribution in [-0.2, 0) is 5.75 Å². The number of hydrogen-bond acceptors (Lipinski definition) is 2. The maximum Gasteiger partial charge on any atom is 0.117 e. The zero-order valence-electron chi connectivity index (χ0n) is 5.21. The van der Waals surface area contributed by atoms with Crippen LogP contribution in [0.5, 0.6) is 5.75 Å². The molecule has 1 nitrogen and oxygen atoms in total. The first-order valence-corrected chi connectivity index (χ1v) is 4.24. The van der Waals surface area contributed by atoms with Gasteiger partial charge in [0.25, 0.3) is 0 Å². The smallest absolute Gasteiger partial charge is 0.117 e. The van der Waals surface area contributed by atoms with E-state index in [-0.39, 0.29) is 5.75 Å². The quantitative estimate of drug-likeness (QED) is 0.695. The van der Waals surface area contributed by atoms with Crippen LogP contribution < -0.4 is 0 Å². The summed E-state index contributed by atoms with van der Waals surface area (Å²) in [6.45, 7) is 0. The van der Waals surface area contributed by atoms with Crippen molar-refractivity contribution in [2.24, 2.45) is 0 Å². The maximum atomic E-state index is 9.06. The summed E-state index contributed by atoms with van der Waals surface area (Å²) in [4.78, 5) is 0. The van der Waals surface area contributed by atoms with Crippen molar-refractivity contribution in [1.82, 2.24) is 0 Å². The van der Waals surface area contributed by atoms with Gasteiger partial charge in [0.15, 0.2) is 0 Å². The number of phenols is 1. The molecule has 0 spiro atoms. The summed E-state index contributed by atoms with van der Waals surface area (Å²) in [7, 11) is 0. The molecule has 1 rings (SSSR count). The maximum absolute atomic E-state index is 9.06. The van der Waals surface area contributed by atoms with Crippen LogP contribution in [0, 0.1) is 0 Å². The van der Waals surface area contributed by atoms with E-state index in [4.69, 9.17) is 5.11 Å². The predicted octanol–water partition coefficient (Wildman–Crippen LogP) is 2.58. The van der Waals surface area contributed by atoms with Crippen LogP contribution >= 0.6 is 28.6 Å². The zero-order chi connectivity index (χ0) is 7.56. The number of phenolic OH excluding ortho intramolecular Hbond substituents is 1. The summed E-state index contributed by atoms with van der Waals surface area (Å²) in [5, 5.41) is 9.06. The van der Waals surface area contributed by atoms with Gasteiger partial charge in [0.1, 0.15) is 5.75 Å². The lowest BCUT2D eigenvalue weighted by atomic mass is 10.2. The molecule has 0 aromatic heterocycles. The topological polar surface area (TPSA) is 20.2 Å². The summed E-state index contributed by atoms with van der Waals surface area (Å²) in [5.74, 6) is 0.922. The molecule has 54 valence electrons. The normalized spacial score (nSPS) is 9.80. The highest BCUT2D eigenvalue weighted by Gasteiger charge is 1.94. The van der Waals surface area contributed by atoms with Gasteiger partial charge in [-0.15, -0.1) is 0 Å². The van der Waals surface area contributed by atoms with Gasteiger partial charge in [0, 0.05) is 10.2 Å². The van der Waals surface area contributed by atoms with Crippen molar-refractivity contribution in [3.8, 4) is 5.75 Å². The van der Waals surface area contributed by atoms with Crippen LogP contribution in [0.15, 0.2) is 22.7 Å². The van der Waals surface area contributed by atoms with Gasteiger partial charge in [0.05, 0.1) is 0 Å².